The van der Waals surface area contributed by atoms with Crippen LogP contribution in [0.4, 0.5) is 4.39 Å². The van der Waals surface area contributed by atoms with Crippen molar-refractivity contribution in [3.63, 3.8) is 0 Å². The number of primary sulfonamides is 1. The monoisotopic (exact) mass is 444 g/mol. The van der Waals surface area contributed by atoms with E-state index in [1.807, 2.05) is 6.92 Å². The molecule has 2 heterocycles. The van der Waals surface area contributed by atoms with Gasteiger partial charge in [0, 0.05) is 11.9 Å². The Morgan fingerprint density at radius 2 is 1.83 bits per heavy atom. The Kier molecular flexibility index (Phi) is 5.14. The molecule has 0 bridgehead atoms. The van der Waals surface area contributed by atoms with Gasteiger partial charge in [-0.2, -0.15) is 5.10 Å². The third-order valence-electron chi connectivity index (χ3n) is 4.54. The van der Waals surface area contributed by atoms with Crippen molar-refractivity contribution in [2.24, 2.45) is 5.14 Å². The summed E-state index contributed by atoms with van der Waals surface area (Å²) in [5.41, 5.74) is 2.21. The van der Waals surface area contributed by atoms with Gasteiger partial charge in [-0.3, -0.25) is 4.79 Å². The topological polar surface area (TPSA) is 107 Å². The lowest BCUT2D eigenvalue weighted by Gasteiger charge is -2.05. The van der Waals surface area contributed by atoms with Crippen molar-refractivity contribution in [1.29, 1.82) is 0 Å². The SMILES string of the molecule is Cc1nn(-c2ccc(F)cc2)c2sc(C(=O)NCc3ccc(S(N)(=O)=O)cc3)cc12. The molecule has 4 rings (SSSR count). The number of benzene rings is 2. The van der Waals surface area contributed by atoms with Crippen molar-refractivity contribution in [2.45, 2.75) is 18.4 Å². The van der Waals surface area contributed by atoms with Gasteiger partial charge in [0.15, 0.2) is 0 Å². The predicted octanol–water partition coefficient (Wildman–Crippen LogP) is 3.11. The number of thiophene rings is 1. The molecule has 0 aliphatic carbocycles. The third kappa shape index (κ3) is 3.97. The predicted molar refractivity (Wildman–Crippen MR) is 113 cm³/mol. The van der Waals surface area contributed by atoms with Crippen LogP contribution in [0.25, 0.3) is 15.9 Å². The van der Waals surface area contributed by atoms with Gasteiger partial charge in [0.05, 0.1) is 21.2 Å². The lowest BCUT2D eigenvalue weighted by molar-refractivity contribution is 0.0955. The second-order valence-electron chi connectivity index (χ2n) is 6.67. The van der Waals surface area contributed by atoms with E-state index in [-0.39, 0.29) is 23.2 Å². The van der Waals surface area contributed by atoms with Gasteiger partial charge in [0.1, 0.15) is 10.6 Å². The van der Waals surface area contributed by atoms with E-state index in [1.54, 1.807) is 35.0 Å². The second-order valence-corrected chi connectivity index (χ2v) is 9.27. The van der Waals surface area contributed by atoms with Crippen LogP contribution in [0.15, 0.2) is 59.5 Å². The van der Waals surface area contributed by atoms with Crippen LogP contribution < -0.4 is 10.5 Å². The molecule has 0 fully saturated rings. The van der Waals surface area contributed by atoms with E-state index in [0.29, 0.717) is 10.6 Å². The Morgan fingerprint density at radius 3 is 2.47 bits per heavy atom. The highest BCUT2D eigenvalue weighted by Gasteiger charge is 2.17. The number of aryl methyl sites for hydroxylation is 1. The summed E-state index contributed by atoms with van der Waals surface area (Å²) < 4.78 is 37.5. The first-order chi connectivity index (χ1) is 14.2. The Balaban J connectivity index is 1.54. The molecule has 3 N–H and O–H groups in total. The Bertz CT molecular complexity index is 1340. The molecule has 1 amide bonds. The standard InChI is InChI=1S/C20H17FN4O3S2/c1-12-17-10-18(29-20(17)25(24-12)15-6-4-14(21)5-7-15)19(26)23-11-13-2-8-16(9-3-13)30(22,27)28/h2-10H,11H2,1H3,(H,23,26)(H2,22,27,28). The summed E-state index contributed by atoms with van der Waals surface area (Å²) in [6.07, 6.45) is 0. The van der Waals surface area contributed by atoms with Crippen LogP contribution in [-0.4, -0.2) is 24.1 Å². The molecule has 2 aromatic heterocycles. The third-order valence-corrected chi connectivity index (χ3v) is 6.58. The van der Waals surface area contributed by atoms with Crippen molar-refractivity contribution >= 4 is 37.5 Å². The first-order valence-electron chi connectivity index (χ1n) is 8.87. The summed E-state index contributed by atoms with van der Waals surface area (Å²) in [4.78, 5) is 13.9. The van der Waals surface area contributed by atoms with Gasteiger partial charge in [-0.05, 0) is 55.0 Å². The van der Waals surface area contributed by atoms with E-state index in [1.165, 1.54) is 35.6 Å². The first-order valence-corrected chi connectivity index (χ1v) is 11.2. The number of amides is 1. The smallest absolute Gasteiger partial charge is 0.261 e. The molecular weight excluding hydrogens is 427 g/mol. The lowest BCUT2D eigenvalue weighted by atomic mass is 10.2. The number of aromatic nitrogens is 2. The zero-order valence-electron chi connectivity index (χ0n) is 15.8. The van der Waals surface area contributed by atoms with Crippen LogP contribution in [0.1, 0.15) is 20.9 Å². The number of nitrogens with two attached hydrogens (primary N) is 1. The zero-order valence-corrected chi connectivity index (χ0v) is 17.4. The number of hydrogen-bond donors (Lipinski definition) is 2. The number of nitrogens with zero attached hydrogens (tertiary/aromatic N) is 2. The number of halogens is 1. The minimum Gasteiger partial charge on any atom is -0.347 e. The molecule has 154 valence electrons. The molecule has 10 heteroatoms. The van der Waals surface area contributed by atoms with Crippen molar-refractivity contribution in [3.8, 4) is 5.69 Å². The average Bonchev–Trinajstić information content (AvgIpc) is 3.27. The minimum absolute atomic E-state index is 0.0166. The average molecular weight is 445 g/mol. The fraction of sp³-hybridized carbons (Fsp3) is 0.100. The molecule has 0 saturated carbocycles. The molecule has 0 spiro atoms. The molecule has 0 aliphatic heterocycles. The number of sulfonamides is 1. The summed E-state index contributed by atoms with van der Waals surface area (Å²) in [5.74, 6) is -0.584. The minimum atomic E-state index is -3.75. The van der Waals surface area contributed by atoms with Gasteiger partial charge in [-0.1, -0.05) is 12.1 Å². The van der Waals surface area contributed by atoms with Crippen LogP contribution in [0.5, 0.6) is 0 Å². The van der Waals surface area contributed by atoms with E-state index in [9.17, 15) is 17.6 Å². The number of carbonyl (C=O) groups is 1. The summed E-state index contributed by atoms with van der Waals surface area (Å²) in [7, 11) is -3.75. The maximum atomic E-state index is 13.2. The molecule has 0 atom stereocenters. The maximum Gasteiger partial charge on any atom is 0.261 e. The molecule has 0 aliphatic rings. The van der Waals surface area contributed by atoms with Crippen molar-refractivity contribution in [1.82, 2.24) is 15.1 Å². The summed E-state index contributed by atoms with van der Waals surface area (Å²) in [6.45, 7) is 2.09. The van der Waals surface area contributed by atoms with Gasteiger partial charge < -0.3 is 5.32 Å². The van der Waals surface area contributed by atoms with E-state index >= 15 is 0 Å². The lowest BCUT2D eigenvalue weighted by Crippen LogP contribution is -2.21. The van der Waals surface area contributed by atoms with E-state index < -0.39 is 10.0 Å². The summed E-state index contributed by atoms with van der Waals surface area (Å²) >= 11 is 1.29. The van der Waals surface area contributed by atoms with Crippen LogP contribution >= 0.6 is 11.3 Å². The van der Waals surface area contributed by atoms with Gasteiger partial charge in [-0.15, -0.1) is 11.3 Å². The quantitative estimate of drug-likeness (QED) is 0.493. The van der Waals surface area contributed by atoms with Gasteiger partial charge in [0.2, 0.25) is 10.0 Å². The van der Waals surface area contributed by atoms with Crippen LogP contribution in [0.2, 0.25) is 0 Å². The number of carbonyl (C=O) groups excluding carboxylic acids is 1. The van der Waals surface area contributed by atoms with Crippen LogP contribution in [0.3, 0.4) is 0 Å². The highest BCUT2D eigenvalue weighted by atomic mass is 32.2. The molecule has 0 unspecified atom stereocenters. The van der Waals surface area contributed by atoms with Gasteiger partial charge in [-0.25, -0.2) is 22.6 Å². The second kappa shape index (κ2) is 7.63. The fourth-order valence-corrected chi connectivity index (χ4v) is 4.60. The number of rotatable bonds is 5. The number of hydrogen-bond acceptors (Lipinski definition) is 5. The summed E-state index contributed by atoms with van der Waals surface area (Å²) in [6, 6.07) is 13.8. The van der Waals surface area contributed by atoms with E-state index in [4.69, 9.17) is 5.14 Å². The molecule has 0 radical (unpaired) electrons. The van der Waals surface area contributed by atoms with Crippen LogP contribution in [0, 0.1) is 12.7 Å². The number of fused-ring (bicyclic) bond motifs is 1. The Hall–Kier alpha value is -3.08. The summed E-state index contributed by atoms with van der Waals surface area (Å²) in [5, 5.41) is 13.2. The Morgan fingerprint density at radius 1 is 1.17 bits per heavy atom. The van der Waals surface area contributed by atoms with Crippen LogP contribution in [-0.2, 0) is 16.6 Å². The molecule has 30 heavy (non-hydrogen) atoms. The molecular formula is C20H17FN4O3S2. The maximum absolute atomic E-state index is 13.2. The normalized spacial score (nSPS) is 11.7. The van der Waals surface area contributed by atoms with Crippen molar-refractivity contribution < 1.29 is 17.6 Å². The zero-order chi connectivity index (χ0) is 21.5. The Labute approximate surface area is 176 Å². The highest BCUT2D eigenvalue weighted by molar-refractivity contribution is 7.89. The molecule has 0 saturated heterocycles. The van der Waals surface area contributed by atoms with Crippen molar-refractivity contribution in [2.75, 3.05) is 0 Å². The molecule has 7 nitrogen and oxygen atoms in total. The fourth-order valence-electron chi connectivity index (χ4n) is 2.98. The number of nitrogens with one attached hydrogen (secondary N) is 1. The van der Waals surface area contributed by atoms with E-state index in [0.717, 1.165) is 21.5 Å². The first kappa shape index (κ1) is 20.2. The van der Waals surface area contributed by atoms with E-state index in [2.05, 4.69) is 10.4 Å². The van der Waals surface area contributed by atoms with Gasteiger partial charge in [0.25, 0.3) is 5.91 Å². The van der Waals surface area contributed by atoms with Crippen molar-refractivity contribution in [3.05, 3.63) is 76.5 Å². The largest absolute Gasteiger partial charge is 0.347 e. The highest BCUT2D eigenvalue weighted by Crippen LogP contribution is 2.30. The van der Waals surface area contributed by atoms with Gasteiger partial charge >= 0.3 is 0 Å². The molecule has 4 aromatic rings. The molecule has 2 aromatic carbocycles.